The number of aryl methyl sites for hydroxylation is 2. The molecule has 0 aliphatic carbocycles. The average molecular weight is 269 g/mol. The van der Waals surface area contributed by atoms with Crippen molar-refractivity contribution in [1.82, 2.24) is 25.2 Å². The van der Waals surface area contributed by atoms with Gasteiger partial charge in [0.15, 0.2) is 0 Å². The Kier molecular flexibility index (Phi) is 3.98. The molecule has 2 aromatic heterocycles. The number of nitrogens with one attached hydrogen (secondary N) is 1. The molecule has 0 aromatic carbocycles. The Hall–Kier alpha value is -1.40. The normalized spacial score (nSPS) is 12.9. The van der Waals surface area contributed by atoms with Crippen LogP contribution in [0.3, 0.4) is 0 Å². The van der Waals surface area contributed by atoms with Crippen molar-refractivity contribution in [3.05, 3.63) is 28.3 Å². The number of aromatic nitrogens is 5. The number of halogens is 1. The summed E-state index contributed by atoms with van der Waals surface area (Å²) in [6.07, 6.45) is 3.05. The van der Waals surface area contributed by atoms with Crippen LogP contribution in [0.4, 0.5) is 0 Å². The van der Waals surface area contributed by atoms with Crippen LogP contribution in [0.5, 0.6) is 0 Å². The highest BCUT2D eigenvalue weighted by Crippen LogP contribution is 2.25. The number of H-pyrrole nitrogens is 1. The first kappa shape index (κ1) is 13.0. The molecule has 0 fully saturated rings. The van der Waals surface area contributed by atoms with Crippen molar-refractivity contribution in [3.8, 4) is 0 Å². The summed E-state index contributed by atoms with van der Waals surface area (Å²) in [6, 6.07) is -0.229. The highest BCUT2D eigenvalue weighted by Gasteiger charge is 2.18. The lowest BCUT2D eigenvalue weighted by atomic mass is 10.1. The maximum atomic E-state index is 6.33. The number of rotatable bonds is 5. The molecule has 1 unspecified atom stereocenters. The molecular weight excluding hydrogens is 252 g/mol. The Bertz CT molecular complexity index is 504. The predicted molar refractivity (Wildman–Crippen MR) is 69.3 cm³/mol. The second kappa shape index (κ2) is 5.49. The van der Waals surface area contributed by atoms with Gasteiger partial charge in [-0.1, -0.05) is 18.5 Å². The molecule has 0 saturated heterocycles. The summed E-state index contributed by atoms with van der Waals surface area (Å²) in [5.41, 5.74) is 8.70. The summed E-state index contributed by atoms with van der Waals surface area (Å²) >= 11 is 6.33. The van der Waals surface area contributed by atoms with Crippen LogP contribution in [0.15, 0.2) is 6.20 Å². The minimum absolute atomic E-state index is 0.229. The highest BCUT2D eigenvalue weighted by molar-refractivity contribution is 6.31. The van der Waals surface area contributed by atoms with Crippen LogP contribution in [0, 0.1) is 0 Å². The zero-order chi connectivity index (χ0) is 13.1. The number of hydrogen-bond acceptors (Lipinski definition) is 4. The van der Waals surface area contributed by atoms with E-state index in [2.05, 4.69) is 20.5 Å². The van der Waals surface area contributed by atoms with Crippen molar-refractivity contribution in [2.24, 2.45) is 5.73 Å². The topological polar surface area (TPSA) is 85.4 Å². The fourth-order valence-corrected chi connectivity index (χ4v) is 2.26. The van der Waals surface area contributed by atoms with E-state index in [1.54, 1.807) is 6.20 Å². The van der Waals surface area contributed by atoms with E-state index < -0.39 is 0 Å². The third-order valence-corrected chi connectivity index (χ3v) is 3.36. The zero-order valence-corrected chi connectivity index (χ0v) is 11.3. The van der Waals surface area contributed by atoms with E-state index >= 15 is 0 Å². The molecule has 0 aliphatic heterocycles. The van der Waals surface area contributed by atoms with Gasteiger partial charge >= 0.3 is 0 Å². The highest BCUT2D eigenvalue weighted by atomic mass is 35.5. The van der Waals surface area contributed by atoms with Gasteiger partial charge in [-0.15, -0.1) is 0 Å². The first-order valence-electron chi connectivity index (χ1n) is 6.02. The minimum Gasteiger partial charge on any atom is -0.322 e. The SMILES string of the molecule is CCc1nn(CC)c(CC(N)c2cn[nH]n2)c1Cl. The number of nitrogens with two attached hydrogens (primary N) is 1. The Morgan fingerprint density at radius 2 is 2.28 bits per heavy atom. The van der Waals surface area contributed by atoms with Gasteiger partial charge in [0.1, 0.15) is 0 Å². The lowest BCUT2D eigenvalue weighted by molar-refractivity contribution is 0.580. The molecule has 98 valence electrons. The Morgan fingerprint density at radius 1 is 1.50 bits per heavy atom. The lowest BCUT2D eigenvalue weighted by Gasteiger charge is -2.10. The zero-order valence-electron chi connectivity index (χ0n) is 10.5. The van der Waals surface area contributed by atoms with Gasteiger partial charge in [0, 0.05) is 13.0 Å². The summed E-state index contributed by atoms with van der Waals surface area (Å²) in [5, 5.41) is 15.5. The quantitative estimate of drug-likeness (QED) is 0.860. The summed E-state index contributed by atoms with van der Waals surface area (Å²) in [5.74, 6) is 0. The van der Waals surface area contributed by atoms with Crippen molar-refractivity contribution in [3.63, 3.8) is 0 Å². The standard InChI is InChI=1S/C11H17ClN6/c1-3-8-11(12)10(18(4-2)16-8)5-7(13)9-6-14-17-15-9/h6-7H,3-5,13H2,1-2H3,(H,14,15,17). The van der Waals surface area contributed by atoms with Crippen molar-refractivity contribution in [2.45, 2.75) is 39.3 Å². The Balaban J connectivity index is 2.25. The van der Waals surface area contributed by atoms with Gasteiger partial charge in [0.05, 0.1) is 34.3 Å². The monoisotopic (exact) mass is 268 g/mol. The average Bonchev–Trinajstić information content (AvgIpc) is 2.99. The molecule has 18 heavy (non-hydrogen) atoms. The maximum Gasteiger partial charge on any atom is 0.0995 e. The van der Waals surface area contributed by atoms with Crippen LogP contribution < -0.4 is 5.73 Å². The van der Waals surface area contributed by atoms with Crippen LogP contribution in [0.1, 0.15) is 37.0 Å². The van der Waals surface area contributed by atoms with Crippen LogP contribution in [-0.4, -0.2) is 25.2 Å². The molecule has 2 aromatic rings. The molecule has 3 N–H and O–H groups in total. The first-order valence-corrected chi connectivity index (χ1v) is 6.40. The molecule has 1 atom stereocenters. The molecule has 0 radical (unpaired) electrons. The van der Waals surface area contributed by atoms with E-state index in [9.17, 15) is 0 Å². The molecule has 7 heteroatoms. The van der Waals surface area contributed by atoms with Crippen LogP contribution in [0.2, 0.25) is 5.02 Å². The van der Waals surface area contributed by atoms with Crippen LogP contribution >= 0.6 is 11.6 Å². The number of hydrogen-bond donors (Lipinski definition) is 2. The van der Waals surface area contributed by atoms with Crippen molar-refractivity contribution in [1.29, 1.82) is 0 Å². The third kappa shape index (κ3) is 2.39. The van der Waals surface area contributed by atoms with Crippen molar-refractivity contribution in [2.75, 3.05) is 0 Å². The van der Waals surface area contributed by atoms with E-state index in [-0.39, 0.29) is 6.04 Å². The Morgan fingerprint density at radius 3 is 2.83 bits per heavy atom. The van der Waals surface area contributed by atoms with Gasteiger partial charge in [-0.05, 0) is 13.3 Å². The molecule has 6 nitrogen and oxygen atoms in total. The molecule has 0 spiro atoms. The first-order chi connectivity index (χ1) is 8.67. The van der Waals surface area contributed by atoms with Gasteiger partial charge in [0.25, 0.3) is 0 Å². The van der Waals surface area contributed by atoms with Crippen molar-refractivity contribution < 1.29 is 0 Å². The molecular formula is C11H17ClN6. The minimum atomic E-state index is -0.229. The van der Waals surface area contributed by atoms with Gasteiger partial charge < -0.3 is 5.73 Å². The van der Waals surface area contributed by atoms with Crippen LogP contribution in [0.25, 0.3) is 0 Å². The molecule has 0 saturated carbocycles. The largest absolute Gasteiger partial charge is 0.322 e. The molecule has 0 bridgehead atoms. The molecule has 0 amide bonds. The number of nitrogens with zero attached hydrogens (tertiary/aromatic N) is 4. The van der Waals surface area contributed by atoms with E-state index in [0.717, 1.165) is 35.1 Å². The molecule has 2 rings (SSSR count). The fraction of sp³-hybridized carbons (Fsp3) is 0.545. The smallest absolute Gasteiger partial charge is 0.0995 e. The summed E-state index contributed by atoms with van der Waals surface area (Å²) in [4.78, 5) is 0. The van der Waals surface area contributed by atoms with Gasteiger partial charge in [-0.25, -0.2) is 0 Å². The van der Waals surface area contributed by atoms with E-state index in [4.69, 9.17) is 17.3 Å². The molecule has 2 heterocycles. The second-order valence-corrected chi connectivity index (χ2v) is 4.46. The summed E-state index contributed by atoms with van der Waals surface area (Å²) in [7, 11) is 0. The summed E-state index contributed by atoms with van der Waals surface area (Å²) < 4.78 is 1.90. The second-order valence-electron chi connectivity index (χ2n) is 4.08. The van der Waals surface area contributed by atoms with Gasteiger partial charge in [-0.3, -0.25) is 4.68 Å². The van der Waals surface area contributed by atoms with E-state index in [1.807, 2.05) is 18.5 Å². The fourth-order valence-electron chi connectivity index (χ4n) is 1.91. The lowest BCUT2D eigenvalue weighted by Crippen LogP contribution is -2.16. The predicted octanol–water partition coefficient (Wildman–Crippen LogP) is 1.48. The van der Waals surface area contributed by atoms with Gasteiger partial charge in [-0.2, -0.15) is 20.5 Å². The van der Waals surface area contributed by atoms with E-state index in [1.165, 1.54) is 0 Å². The third-order valence-electron chi connectivity index (χ3n) is 2.92. The Labute approximate surface area is 111 Å². The summed E-state index contributed by atoms with van der Waals surface area (Å²) in [6.45, 7) is 4.85. The maximum absolute atomic E-state index is 6.33. The van der Waals surface area contributed by atoms with Crippen LogP contribution in [-0.2, 0) is 19.4 Å². The van der Waals surface area contributed by atoms with Crippen molar-refractivity contribution >= 4 is 11.6 Å². The molecule has 0 aliphatic rings. The van der Waals surface area contributed by atoms with Gasteiger partial charge in [0.2, 0.25) is 0 Å². The van der Waals surface area contributed by atoms with E-state index in [0.29, 0.717) is 6.42 Å². The number of aromatic amines is 1.